The number of halogens is 1. The molecule has 0 bridgehead atoms. The summed E-state index contributed by atoms with van der Waals surface area (Å²) in [6.45, 7) is 0. The van der Waals surface area contributed by atoms with Crippen LogP contribution in [-0.4, -0.2) is 4.57 Å². The van der Waals surface area contributed by atoms with Crippen molar-refractivity contribution < 1.29 is 8.81 Å². The number of nitrogens with zero attached hydrogens (tertiary/aromatic N) is 1. The molecule has 1 N–H and O–H groups in total. The molecule has 0 radical (unpaired) electrons. The van der Waals surface area contributed by atoms with Gasteiger partial charge in [0.2, 0.25) is 5.88 Å². The van der Waals surface area contributed by atoms with Crippen LogP contribution in [0.3, 0.4) is 0 Å². The summed E-state index contributed by atoms with van der Waals surface area (Å²) < 4.78 is 22.5. The minimum atomic E-state index is -0.415. The van der Waals surface area contributed by atoms with Crippen molar-refractivity contribution in [2.75, 3.05) is 5.32 Å². The number of para-hydroxylation sites is 2. The Hall–Kier alpha value is -3.86. The molecular weight excluding hydrogens is 367 g/mol. The number of pyridine rings is 1. The van der Waals surface area contributed by atoms with Crippen LogP contribution in [0.15, 0.2) is 88.1 Å². The lowest BCUT2D eigenvalue weighted by Crippen LogP contribution is -2.17. The maximum absolute atomic E-state index is 14.8. The first kappa shape index (κ1) is 17.3. The Morgan fingerprint density at radius 1 is 0.897 bits per heavy atom. The highest BCUT2D eigenvalue weighted by Crippen LogP contribution is 2.41. The summed E-state index contributed by atoms with van der Waals surface area (Å²) >= 11 is 0. The smallest absolute Gasteiger partial charge is 0.262 e. The fourth-order valence-corrected chi connectivity index (χ4v) is 3.72. The molecule has 2 heterocycles. The number of hydrogen-bond acceptors (Lipinski definition) is 3. The first-order valence-corrected chi connectivity index (χ1v) is 9.26. The van der Waals surface area contributed by atoms with Crippen molar-refractivity contribution in [1.29, 1.82) is 0 Å². The molecule has 0 aliphatic rings. The van der Waals surface area contributed by atoms with E-state index in [1.807, 2.05) is 54.6 Å². The summed E-state index contributed by atoms with van der Waals surface area (Å²) in [6, 6.07) is 23.4. The molecule has 0 saturated carbocycles. The van der Waals surface area contributed by atoms with Crippen LogP contribution in [0.2, 0.25) is 0 Å². The van der Waals surface area contributed by atoms with Gasteiger partial charge in [0.05, 0.1) is 16.5 Å². The van der Waals surface area contributed by atoms with Gasteiger partial charge >= 0.3 is 0 Å². The van der Waals surface area contributed by atoms with E-state index >= 15 is 0 Å². The summed E-state index contributed by atoms with van der Waals surface area (Å²) in [5.41, 5.74) is 2.49. The molecule has 5 aromatic rings. The quantitative estimate of drug-likeness (QED) is 0.425. The molecule has 0 fully saturated rings. The van der Waals surface area contributed by atoms with Gasteiger partial charge in [0.25, 0.3) is 5.56 Å². The molecule has 142 valence electrons. The standard InChI is InChI=1S/C24H17FN2O2/c1-27-19-14-8-6-12-17(19)22-21(24(27)28)20(16-11-5-7-13-18(16)25)23(29-22)26-15-9-3-2-4-10-15/h2-14,26H,1H3. The molecule has 29 heavy (non-hydrogen) atoms. The number of hydrogen-bond donors (Lipinski definition) is 1. The lowest BCUT2D eigenvalue weighted by atomic mass is 10.0. The monoisotopic (exact) mass is 384 g/mol. The van der Waals surface area contributed by atoms with Gasteiger partial charge in [-0.3, -0.25) is 4.79 Å². The zero-order valence-electron chi connectivity index (χ0n) is 15.6. The zero-order valence-corrected chi connectivity index (χ0v) is 15.6. The van der Waals surface area contributed by atoms with Crippen LogP contribution < -0.4 is 10.9 Å². The van der Waals surface area contributed by atoms with Gasteiger partial charge in [-0.25, -0.2) is 4.39 Å². The van der Waals surface area contributed by atoms with Crippen molar-refractivity contribution >= 4 is 33.4 Å². The number of benzene rings is 3. The SMILES string of the molecule is Cn1c(=O)c2c(-c3ccccc3F)c(Nc3ccccc3)oc2c2ccccc21. The van der Waals surface area contributed by atoms with Gasteiger partial charge in [-0.1, -0.05) is 48.5 Å². The van der Waals surface area contributed by atoms with E-state index in [4.69, 9.17) is 4.42 Å². The third-order valence-corrected chi connectivity index (χ3v) is 5.11. The molecule has 0 aliphatic heterocycles. The second-order valence-corrected chi connectivity index (χ2v) is 6.86. The lowest BCUT2D eigenvalue weighted by molar-refractivity contribution is 0.626. The van der Waals surface area contributed by atoms with Crippen LogP contribution in [0.5, 0.6) is 0 Å². The second kappa shape index (κ2) is 6.63. The molecule has 0 atom stereocenters. The fourth-order valence-electron chi connectivity index (χ4n) is 3.72. The molecule has 3 aromatic carbocycles. The van der Waals surface area contributed by atoms with Crippen LogP contribution >= 0.6 is 0 Å². The second-order valence-electron chi connectivity index (χ2n) is 6.86. The third kappa shape index (κ3) is 2.70. The molecule has 0 aliphatic carbocycles. The van der Waals surface area contributed by atoms with Crippen molar-refractivity contribution in [2.45, 2.75) is 0 Å². The van der Waals surface area contributed by atoms with Gasteiger partial charge in [-0.05, 0) is 30.3 Å². The molecule has 0 unspecified atom stereocenters. The zero-order chi connectivity index (χ0) is 20.0. The van der Waals surface area contributed by atoms with Crippen molar-refractivity contribution in [1.82, 2.24) is 4.57 Å². The summed E-state index contributed by atoms with van der Waals surface area (Å²) in [7, 11) is 1.71. The van der Waals surface area contributed by atoms with E-state index in [2.05, 4.69) is 5.32 Å². The van der Waals surface area contributed by atoms with Crippen LogP contribution in [0, 0.1) is 5.82 Å². The van der Waals surface area contributed by atoms with E-state index < -0.39 is 5.82 Å². The fraction of sp³-hybridized carbons (Fsp3) is 0.0417. The Labute approximate surface area is 165 Å². The van der Waals surface area contributed by atoms with Crippen molar-refractivity contribution in [2.24, 2.45) is 7.05 Å². The number of rotatable bonds is 3. The number of anilines is 2. The molecule has 0 amide bonds. The number of furan rings is 1. The first-order chi connectivity index (χ1) is 14.1. The van der Waals surface area contributed by atoms with Gasteiger partial charge in [0, 0.05) is 23.7 Å². The predicted octanol–water partition coefficient (Wildman–Crippen LogP) is 5.83. The van der Waals surface area contributed by atoms with Crippen molar-refractivity contribution in [3.05, 3.63) is 95.0 Å². The van der Waals surface area contributed by atoms with Gasteiger partial charge in [0.1, 0.15) is 5.82 Å². The van der Waals surface area contributed by atoms with Crippen molar-refractivity contribution in [3.8, 4) is 11.1 Å². The molecular formula is C24H17FN2O2. The summed E-state index contributed by atoms with van der Waals surface area (Å²) in [4.78, 5) is 13.3. The van der Waals surface area contributed by atoms with Gasteiger partial charge in [-0.15, -0.1) is 0 Å². The minimum absolute atomic E-state index is 0.234. The van der Waals surface area contributed by atoms with E-state index in [1.54, 1.807) is 29.8 Å². The van der Waals surface area contributed by atoms with Crippen LogP contribution in [0.4, 0.5) is 16.0 Å². The summed E-state index contributed by atoms with van der Waals surface area (Å²) in [5.74, 6) is -0.0775. The van der Waals surface area contributed by atoms with Gasteiger partial charge in [0.15, 0.2) is 5.58 Å². The van der Waals surface area contributed by atoms with E-state index in [-0.39, 0.29) is 5.56 Å². The van der Waals surface area contributed by atoms with E-state index in [1.165, 1.54) is 6.07 Å². The van der Waals surface area contributed by atoms with E-state index in [0.717, 1.165) is 16.6 Å². The first-order valence-electron chi connectivity index (χ1n) is 9.26. The van der Waals surface area contributed by atoms with Crippen LogP contribution in [-0.2, 0) is 7.05 Å². The summed E-state index contributed by atoms with van der Waals surface area (Å²) in [6.07, 6.45) is 0. The molecule has 2 aromatic heterocycles. The van der Waals surface area contributed by atoms with Crippen LogP contribution in [0.25, 0.3) is 33.0 Å². The number of fused-ring (bicyclic) bond motifs is 3. The van der Waals surface area contributed by atoms with Crippen LogP contribution in [0.1, 0.15) is 0 Å². The average Bonchev–Trinajstić information content (AvgIpc) is 3.12. The topological polar surface area (TPSA) is 47.2 Å². The Kier molecular flexibility index (Phi) is 3.95. The number of aromatic nitrogens is 1. The maximum Gasteiger partial charge on any atom is 0.262 e. The summed E-state index contributed by atoms with van der Waals surface area (Å²) in [5, 5.41) is 4.37. The normalized spacial score (nSPS) is 11.2. The Morgan fingerprint density at radius 3 is 2.38 bits per heavy atom. The average molecular weight is 384 g/mol. The van der Waals surface area contributed by atoms with E-state index in [9.17, 15) is 9.18 Å². The number of nitrogens with one attached hydrogen (secondary N) is 1. The highest BCUT2D eigenvalue weighted by molar-refractivity contribution is 6.11. The predicted molar refractivity (Wildman–Crippen MR) is 114 cm³/mol. The van der Waals surface area contributed by atoms with E-state index in [0.29, 0.717) is 28.0 Å². The molecule has 0 spiro atoms. The lowest BCUT2D eigenvalue weighted by Gasteiger charge is -2.08. The van der Waals surface area contributed by atoms with Gasteiger partial charge < -0.3 is 14.3 Å². The maximum atomic E-state index is 14.8. The molecule has 4 nitrogen and oxygen atoms in total. The highest BCUT2D eigenvalue weighted by atomic mass is 19.1. The van der Waals surface area contributed by atoms with Crippen molar-refractivity contribution in [3.63, 3.8) is 0 Å². The molecule has 5 heteroatoms. The molecule has 0 saturated heterocycles. The Morgan fingerprint density at radius 2 is 1.59 bits per heavy atom. The Balaban J connectivity index is 1.92. The Bertz CT molecular complexity index is 1420. The third-order valence-electron chi connectivity index (χ3n) is 5.11. The number of aryl methyl sites for hydroxylation is 1. The molecule has 5 rings (SSSR count). The minimum Gasteiger partial charge on any atom is -0.439 e. The highest BCUT2D eigenvalue weighted by Gasteiger charge is 2.24. The largest absolute Gasteiger partial charge is 0.439 e. The van der Waals surface area contributed by atoms with Gasteiger partial charge in [-0.2, -0.15) is 0 Å².